The highest BCUT2D eigenvalue weighted by atomic mass is 127. The van der Waals surface area contributed by atoms with Gasteiger partial charge in [-0.25, -0.2) is 0 Å². The van der Waals surface area contributed by atoms with E-state index in [1.165, 1.54) is 11.3 Å². The van der Waals surface area contributed by atoms with Gasteiger partial charge >= 0.3 is 0 Å². The van der Waals surface area contributed by atoms with Gasteiger partial charge < -0.3 is 4.90 Å². The monoisotopic (exact) mass is 307 g/mol. The molecular formula is C10H11ClIN. The summed E-state index contributed by atoms with van der Waals surface area (Å²) in [5.74, 6) is 0. The second-order valence-corrected chi connectivity index (χ2v) is 3.35. The first-order valence-electron chi connectivity index (χ1n) is 3.93. The van der Waals surface area contributed by atoms with Crippen molar-refractivity contribution in [3.63, 3.8) is 0 Å². The van der Waals surface area contributed by atoms with Gasteiger partial charge in [-0.2, -0.15) is 0 Å². The fourth-order valence-electron chi connectivity index (χ4n) is 1.39. The normalized spacial score (nSPS) is 19.2. The number of likely N-dealkylation sites (N-methyl/N-ethyl adjacent to an activating group) is 1. The number of rotatable bonds is 0. The van der Waals surface area contributed by atoms with Gasteiger partial charge in [-0.15, -0.1) is 24.0 Å². The Morgan fingerprint density at radius 2 is 2.00 bits per heavy atom. The molecule has 0 bridgehead atoms. The number of hydrogen-bond acceptors (Lipinski definition) is 1. The lowest BCUT2D eigenvalue weighted by Gasteiger charge is -2.27. The number of fused-ring (bicyclic) bond motifs is 1. The first-order valence-corrected chi connectivity index (χ1v) is 4.37. The van der Waals surface area contributed by atoms with E-state index in [9.17, 15) is 0 Å². The SMILES string of the molecule is CN1c2ccccc2C=CC1Cl.I. The zero-order chi connectivity index (χ0) is 8.55. The van der Waals surface area contributed by atoms with Gasteiger partial charge in [0.25, 0.3) is 0 Å². The van der Waals surface area contributed by atoms with Crippen LogP contribution in [0.4, 0.5) is 5.69 Å². The second kappa shape index (κ2) is 4.33. The van der Waals surface area contributed by atoms with Crippen LogP contribution in [0.25, 0.3) is 6.08 Å². The summed E-state index contributed by atoms with van der Waals surface area (Å²) in [6.45, 7) is 0. The van der Waals surface area contributed by atoms with Crippen LogP contribution in [-0.2, 0) is 0 Å². The molecule has 1 atom stereocenters. The van der Waals surface area contributed by atoms with Crippen LogP contribution in [0.5, 0.6) is 0 Å². The summed E-state index contributed by atoms with van der Waals surface area (Å²) in [4.78, 5) is 2.05. The predicted octanol–water partition coefficient (Wildman–Crippen LogP) is 3.33. The minimum absolute atomic E-state index is 0. The molecule has 1 aromatic carbocycles. The van der Waals surface area contributed by atoms with E-state index in [1.807, 2.05) is 25.3 Å². The van der Waals surface area contributed by atoms with Crippen LogP contribution >= 0.6 is 35.6 Å². The highest BCUT2D eigenvalue weighted by molar-refractivity contribution is 14.0. The van der Waals surface area contributed by atoms with Gasteiger partial charge in [0.05, 0.1) is 0 Å². The van der Waals surface area contributed by atoms with E-state index in [0.29, 0.717) is 0 Å². The molecule has 1 unspecified atom stereocenters. The summed E-state index contributed by atoms with van der Waals surface area (Å²) in [5.41, 5.74) is 2.41. The van der Waals surface area contributed by atoms with Crippen LogP contribution in [0, 0.1) is 0 Å². The molecule has 0 amide bonds. The van der Waals surface area contributed by atoms with Crippen molar-refractivity contribution in [3.05, 3.63) is 35.9 Å². The summed E-state index contributed by atoms with van der Waals surface area (Å²) < 4.78 is 0. The summed E-state index contributed by atoms with van der Waals surface area (Å²) in [6, 6.07) is 8.23. The van der Waals surface area contributed by atoms with Crippen molar-refractivity contribution < 1.29 is 0 Å². The number of hydrogen-bond donors (Lipinski definition) is 0. The quantitative estimate of drug-likeness (QED) is 0.404. The maximum atomic E-state index is 6.03. The maximum Gasteiger partial charge on any atom is 0.123 e. The molecule has 2 rings (SSSR count). The van der Waals surface area contributed by atoms with Crippen molar-refractivity contribution in [1.29, 1.82) is 0 Å². The highest BCUT2D eigenvalue weighted by Crippen LogP contribution is 2.28. The van der Waals surface area contributed by atoms with E-state index in [2.05, 4.69) is 23.1 Å². The van der Waals surface area contributed by atoms with Gasteiger partial charge in [-0.05, 0) is 17.7 Å². The number of halogens is 2. The van der Waals surface area contributed by atoms with Gasteiger partial charge in [0.15, 0.2) is 0 Å². The van der Waals surface area contributed by atoms with Crippen LogP contribution in [0.2, 0.25) is 0 Å². The zero-order valence-electron chi connectivity index (χ0n) is 7.27. The molecule has 1 nitrogen and oxygen atoms in total. The van der Waals surface area contributed by atoms with Crippen LogP contribution in [-0.4, -0.2) is 12.5 Å². The average Bonchev–Trinajstić information content (AvgIpc) is 2.12. The minimum Gasteiger partial charge on any atom is -0.355 e. The molecule has 1 aliphatic rings. The number of alkyl halides is 1. The molecule has 0 aliphatic carbocycles. The van der Waals surface area contributed by atoms with E-state index in [0.717, 1.165) is 0 Å². The topological polar surface area (TPSA) is 3.24 Å². The summed E-state index contributed by atoms with van der Waals surface area (Å²) in [6.07, 6.45) is 4.05. The van der Waals surface area contributed by atoms with Gasteiger partial charge in [-0.3, -0.25) is 0 Å². The number of nitrogens with zero attached hydrogens (tertiary/aromatic N) is 1. The summed E-state index contributed by atoms with van der Waals surface area (Å²) >= 11 is 6.03. The number of benzene rings is 1. The van der Waals surface area contributed by atoms with Gasteiger partial charge in [0.2, 0.25) is 0 Å². The molecule has 0 fully saturated rings. The van der Waals surface area contributed by atoms with Crippen LogP contribution in [0.15, 0.2) is 30.3 Å². The highest BCUT2D eigenvalue weighted by Gasteiger charge is 2.15. The van der Waals surface area contributed by atoms with Gasteiger partial charge in [0, 0.05) is 12.7 Å². The van der Waals surface area contributed by atoms with Crippen LogP contribution in [0.3, 0.4) is 0 Å². The van der Waals surface area contributed by atoms with Crippen molar-refractivity contribution in [2.24, 2.45) is 0 Å². The fourth-order valence-corrected chi connectivity index (χ4v) is 1.57. The number of para-hydroxylation sites is 1. The summed E-state index contributed by atoms with van der Waals surface area (Å²) in [7, 11) is 2.00. The molecule has 0 saturated heterocycles. The molecule has 1 heterocycles. The Bertz CT molecular complexity index is 324. The van der Waals surface area contributed by atoms with E-state index < -0.39 is 0 Å². The van der Waals surface area contributed by atoms with Crippen molar-refractivity contribution in [1.82, 2.24) is 0 Å². The molecule has 1 aromatic rings. The molecule has 1 aliphatic heterocycles. The summed E-state index contributed by atoms with van der Waals surface area (Å²) in [5, 5.41) is 0. The Balaban J connectivity index is 0.000000845. The maximum absolute atomic E-state index is 6.03. The lowest BCUT2D eigenvalue weighted by molar-refractivity contribution is 0.956. The lowest BCUT2D eigenvalue weighted by Crippen LogP contribution is -2.27. The van der Waals surface area contributed by atoms with Gasteiger partial charge in [-0.1, -0.05) is 35.9 Å². The van der Waals surface area contributed by atoms with Crippen LogP contribution in [0.1, 0.15) is 5.56 Å². The van der Waals surface area contributed by atoms with Crippen molar-refractivity contribution in [2.75, 3.05) is 11.9 Å². The van der Waals surface area contributed by atoms with Gasteiger partial charge in [0.1, 0.15) is 5.50 Å². The Kier molecular flexibility index (Phi) is 3.62. The Morgan fingerprint density at radius 3 is 2.77 bits per heavy atom. The molecule has 3 heteroatoms. The van der Waals surface area contributed by atoms with E-state index in [1.54, 1.807) is 0 Å². The molecule has 13 heavy (non-hydrogen) atoms. The third kappa shape index (κ3) is 1.99. The van der Waals surface area contributed by atoms with E-state index in [-0.39, 0.29) is 29.5 Å². The third-order valence-corrected chi connectivity index (χ3v) is 2.56. The Morgan fingerprint density at radius 1 is 1.31 bits per heavy atom. The fraction of sp³-hybridized carbons (Fsp3) is 0.200. The molecule has 0 saturated carbocycles. The Hall–Kier alpha value is -0.220. The van der Waals surface area contributed by atoms with E-state index >= 15 is 0 Å². The first-order chi connectivity index (χ1) is 5.79. The second-order valence-electron chi connectivity index (χ2n) is 2.90. The largest absolute Gasteiger partial charge is 0.355 e. The van der Waals surface area contributed by atoms with Crippen molar-refractivity contribution >= 4 is 47.3 Å². The standard InChI is InChI=1S/C10H10ClN.HI/c1-12-9-5-3-2-4-8(9)6-7-10(12)11;/h2-7,10H,1H3;1H. The molecule has 0 aromatic heterocycles. The first kappa shape index (κ1) is 10.9. The molecule has 0 N–H and O–H groups in total. The molecule has 70 valence electrons. The average molecular weight is 308 g/mol. The number of anilines is 1. The van der Waals surface area contributed by atoms with Crippen molar-refractivity contribution in [3.8, 4) is 0 Å². The lowest BCUT2D eigenvalue weighted by atomic mass is 10.1. The predicted molar refractivity (Wildman–Crippen MR) is 68.9 cm³/mol. The third-order valence-electron chi connectivity index (χ3n) is 2.12. The Labute approximate surface area is 100 Å². The minimum atomic E-state index is -0.0140. The smallest absolute Gasteiger partial charge is 0.123 e. The van der Waals surface area contributed by atoms with Crippen molar-refractivity contribution in [2.45, 2.75) is 5.50 Å². The molecule has 0 spiro atoms. The zero-order valence-corrected chi connectivity index (χ0v) is 10.4. The molecule has 0 radical (unpaired) electrons. The van der Waals surface area contributed by atoms with Crippen LogP contribution < -0.4 is 4.90 Å². The molecular weight excluding hydrogens is 296 g/mol. The van der Waals surface area contributed by atoms with E-state index in [4.69, 9.17) is 11.6 Å².